The van der Waals surface area contributed by atoms with Gasteiger partial charge in [0.05, 0.1) is 23.3 Å². The summed E-state index contributed by atoms with van der Waals surface area (Å²) in [4.78, 5) is 10.9. The van der Waals surface area contributed by atoms with Gasteiger partial charge < -0.3 is 15.5 Å². The van der Waals surface area contributed by atoms with E-state index in [0.717, 1.165) is 12.1 Å². The Morgan fingerprint density at radius 1 is 1.45 bits per heavy atom. The molecule has 1 aromatic carbocycles. The van der Waals surface area contributed by atoms with Gasteiger partial charge in [-0.15, -0.1) is 0 Å². The molecule has 5 nitrogen and oxygen atoms in total. The maximum Gasteiger partial charge on any atom is 0.417 e. The van der Waals surface area contributed by atoms with Gasteiger partial charge in [0, 0.05) is 5.69 Å². The van der Waals surface area contributed by atoms with Crippen LogP contribution in [0.25, 0.3) is 0 Å². The van der Waals surface area contributed by atoms with E-state index < -0.39 is 35.4 Å². The molecule has 0 aliphatic rings. The number of hydrogen-bond acceptors (Lipinski definition) is 4. The average molecular weight is 288 g/mol. The number of benzene rings is 1. The summed E-state index contributed by atoms with van der Waals surface area (Å²) in [6, 6.07) is 2.68. The van der Waals surface area contributed by atoms with E-state index in [1.807, 2.05) is 0 Å². The van der Waals surface area contributed by atoms with Crippen molar-refractivity contribution in [2.24, 2.45) is 0 Å². The third-order valence-corrected chi connectivity index (χ3v) is 2.52. The summed E-state index contributed by atoms with van der Waals surface area (Å²) in [5.74, 6) is -1.40. The van der Waals surface area contributed by atoms with Crippen LogP contribution in [0.5, 0.6) is 0 Å². The molecular weight excluding hydrogens is 277 g/mol. The van der Waals surface area contributed by atoms with Gasteiger partial charge in [-0.05, 0) is 25.1 Å². The van der Waals surface area contributed by atoms with Crippen molar-refractivity contribution in [3.8, 4) is 6.07 Å². The quantitative estimate of drug-likeness (QED) is 0.785. The van der Waals surface area contributed by atoms with Gasteiger partial charge in [0.1, 0.15) is 0 Å². The molecule has 8 heteroatoms. The normalized spacial score (nSPS) is 14.2. The predicted octanol–water partition coefficient (Wildman–Crippen LogP) is 1.82. The van der Waals surface area contributed by atoms with Crippen molar-refractivity contribution < 1.29 is 28.2 Å². The molecule has 0 heterocycles. The molecule has 0 radical (unpaired) electrons. The average Bonchev–Trinajstić information content (AvgIpc) is 2.33. The lowest BCUT2D eigenvalue weighted by atomic mass is 10.1. The van der Waals surface area contributed by atoms with Gasteiger partial charge in [-0.3, -0.25) is 0 Å². The number of carboxylic acids is 1. The van der Waals surface area contributed by atoms with Crippen LogP contribution in [-0.2, 0) is 11.0 Å². The Labute approximate surface area is 112 Å². The van der Waals surface area contributed by atoms with Crippen LogP contribution in [0.3, 0.4) is 0 Å². The van der Waals surface area contributed by atoms with Gasteiger partial charge in [-0.25, -0.2) is 4.79 Å². The molecule has 0 bridgehead atoms. The van der Waals surface area contributed by atoms with E-state index >= 15 is 0 Å². The first-order chi connectivity index (χ1) is 9.16. The van der Waals surface area contributed by atoms with Crippen molar-refractivity contribution in [1.29, 1.82) is 5.26 Å². The van der Waals surface area contributed by atoms with Crippen molar-refractivity contribution in [1.82, 2.24) is 0 Å². The molecule has 2 atom stereocenters. The molecule has 0 saturated heterocycles. The summed E-state index contributed by atoms with van der Waals surface area (Å²) in [6.45, 7) is 1.19. The number of carboxylic acid groups (broad SMARTS) is 1. The number of nitrogens with one attached hydrogen (secondary N) is 1. The van der Waals surface area contributed by atoms with E-state index in [1.54, 1.807) is 0 Å². The molecule has 0 spiro atoms. The largest absolute Gasteiger partial charge is 0.480 e. The number of aliphatic carboxylic acids is 1. The first-order valence-corrected chi connectivity index (χ1v) is 5.45. The number of carbonyl (C=O) groups is 1. The topological polar surface area (TPSA) is 93.4 Å². The number of aliphatic hydroxyl groups excluding tert-OH is 1. The Balaban J connectivity index is 3.16. The van der Waals surface area contributed by atoms with Crippen LogP contribution in [0.2, 0.25) is 0 Å². The second-order valence-electron chi connectivity index (χ2n) is 4.07. The highest BCUT2D eigenvalue weighted by Gasteiger charge is 2.34. The predicted molar refractivity (Wildman–Crippen MR) is 62.9 cm³/mol. The zero-order chi connectivity index (χ0) is 15.5. The number of aliphatic hydroxyl groups is 1. The molecule has 0 amide bonds. The van der Waals surface area contributed by atoms with Crippen molar-refractivity contribution in [2.75, 3.05) is 5.32 Å². The summed E-state index contributed by atoms with van der Waals surface area (Å²) < 4.78 is 38.2. The molecule has 0 saturated carbocycles. The van der Waals surface area contributed by atoms with Crippen LogP contribution >= 0.6 is 0 Å². The Morgan fingerprint density at radius 2 is 2.05 bits per heavy atom. The molecule has 0 aromatic heterocycles. The molecule has 0 fully saturated rings. The van der Waals surface area contributed by atoms with Crippen LogP contribution in [0.1, 0.15) is 18.1 Å². The Morgan fingerprint density at radius 3 is 2.45 bits per heavy atom. The lowest BCUT2D eigenvalue weighted by Gasteiger charge is -2.19. The molecule has 1 rings (SSSR count). The number of nitrogens with zero attached hydrogens (tertiary/aromatic N) is 1. The van der Waals surface area contributed by atoms with Crippen LogP contribution in [0.4, 0.5) is 18.9 Å². The summed E-state index contributed by atoms with van der Waals surface area (Å²) in [7, 11) is 0. The minimum absolute atomic E-state index is 0.148. The van der Waals surface area contributed by atoms with E-state index in [2.05, 4.69) is 5.32 Å². The zero-order valence-electron chi connectivity index (χ0n) is 10.3. The number of hydrogen-bond donors (Lipinski definition) is 3. The summed E-state index contributed by atoms with van der Waals surface area (Å²) in [5.41, 5.74) is -1.88. The first-order valence-electron chi connectivity index (χ1n) is 5.45. The van der Waals surface area contributed by atoms with Gasteiger partial charge in [-0.2, -0.15) is 18.4 Å². The van der Waals surface area contributed by atoms with E-state index in [4.69, 9.17) is 10.4 Å². The molecule has 3 N–H and O–H groups in total. The highest BCUT2D eigenvalue weighted by Crippen LogP contribution is 2.33. The summed E-state index contributed by atoms with van der Waals surface area (Å²) in [6.07, 6.45) is -6.04. The zero-order valence-corrected chi connectivity index (χ0v) is 10.3. The SMILES string of the molecule is C[C@@H](O)[C@@H](Nc1ccc(C#N)c(C(F)(F)F)c1)C(=O)O. The van der Waals surface area contributed by atoms with Gasteiger partial charge in [0.2, 0.25) is 0 Å². The van der Waals surface area contributed by atoms with E-state index in [9.17, 15) is 23.1 Å². The molecule has 0 unspecified atom stereocenters. The highest BCUT2D eigenvalue weighted by atomic mass is 19.4. The molecular formula is C12H11F3N2O3. The van der Waals surface area contributed by atoms with Crippen LogP contribution in [0.15, 0.2) is 18.2 Å². The lowest BCUT2D eigenvalue weighted by molar-refractivity contribution is -0.140. The standard InChI is InChI=1S/C12H11F3N2O3/c1-6(18)10(11(19)20)17-8-3-2-7(5-16)9(4-8)12(13,14)15/h2-4,6,10,17-18H,1H3,(H,19,20)/t6-,10-/m1/s1. The van der Waals surface area contributed by atoms with Crippen molar-refractivity contribution in [3.63, 3.8) is 0 Å². The third-order valence-electron chi connectivity index (χ3n) is 2.52. The van der Waals surface area contributed by atoms with Gasteiger partial charge in [0.15, 0.2) is 6.04 Å². The maximum absolute atomic E-state index is 12.7. The molecule has 0 aliphatic heterocycles. The number of alkyl halides is 3. The van der Waals surface area contributed by atoms with Crippen LogP contribution in [0, 0.1) is 11.3 Å². The van der Waals surface area contributed by atoms with Crippen molar-refractivity contribution >= 4 is 11.7 Å². The molecule has 1 aromatic rings. The number of nitriles is 1. The Hall–Kier alpha value is -2.27. The number of rotatable bonds is 4. The highest BCUT2D eigenvalue weighted by molar-refractivity contribution is 5.78. The van der Waals surface area contributed by atoms with E-state index in [1.165, 1.54) is 13.0 Å². The third kappa shape index (κ3) is 3.61. The van der Waals surface area contributed by atoms with Gasteiger partial charge >= 0.3 is 12.1 Å². The summed E-state index contributed by atoms with van der Waals surface area (Å²) >= 11 is 0. The molecule has 20 heavy (non-hydrogen) atoms. The van der Waals surface area contributed by atoms with Gasteiger partial charge in [-0.1, -0.05) is 0 Å². The van der Waals surface area contributed by atoms with Crippen molar-refractivity contribution in [3.05, 3.63) is 29.3 Å². The second kappa shape index (κ2) is 5.79. The number of anilines is 1. The van der Waals surface area contributed by atoms with Crippen LogP contribution in [-0.4, -0.2) is 28.3 Å². The fourth-order valence-corrected chi connectivity index (χ4v) is 1.53. The first kappa shape index (κ1) is 15.8. The number of halogens is 3. The van der Waals surface area contributed by atoms with Crippen molar-refractivity contribution in [2.45, 2.75) is 25.2 Å². The van der Waals surface area contributed by atoms with Gasteiger partial charge in [0.25, 0.3) is 0 Å². The smallest absolute Gasteiger partial charge is 0.417 e. The fraction of sp³-hybridized carbons (Fsp3) is 0.333. The maximum atomic E-state index is 12.7. The Kier molecular flexibility index (Phi) is 4.57. The lowest BCUT2D eigenvalue weighted by Crippen LogP contribution is -2.39. The molecule has 0 aliphatic carbocycles. The minimum Gasteiger partial charge on any atom is -0.480 e. The minimum atomic E-state index is -4.73. The molecule has 108 valence electrons. The fourth-order valence-electron chi connectivity index (χ4n) is 1.53. The monoisotopic (exact) mass is 288 g/mol. The van der Waals surface area contributed by atoms with Crippen LogP contribution < -0.4 is 5.32 Å². The van der Waals surface area contributed by atoms with E-state index in [-0.39, 0.29) is 5.69 Å². The van der Waals surface area contributed by atoms with E-state index in [0.29, 0.717) is 6.07 Å². The summed E-state index contributed by atoms with van der Waals surface area (Å²) in [5, 5.41) is 29.0. The second-order valence-corrected chi connectivity index (χ2v) is 4.07. The Bertz CT molecular complexity index is 550.